The number of nitrogens with two attached hydrogens (primary N) is 1. The van der Waals surface area contributed by atoms with Crippen LogP contribution in [0.25, 0.3) is 0 Å². The van der Waals surface area contributed by atoms with Crippen molar-refractivity contribution in [1.29, 1.82) is 0 Å². The smallest absolute Gasteiger partial charge is 0.352 e. The van der Waals surface area contributed by atoms with Crippen molar-refractivity contribution in [3.63, 3.8) is 0 Å². The summed E-state index contributed by atoms with van der Waals surface area (Å²) in [6, 6.07) is 0. The monoisotopic (exact) mass is 141 g/mol. The molecule has 0 amide bonds. The van der Waals surface area contributed by atoms with E-state index in [4.69, 9.17) is 10.8 Å². The van der Waals surface area contributed by atoms with Gasteiger partial charge >= 0.3 is 5.97 Å². The third-order valence-electron chi connectivity index (χ3n) is 1.05. The first-order chi connectivity index (χ1) is 4.70. The Bertz CT molecular complexity index is 219. The van der Waals surface area contributed by atoms with Crippen LogP contribution < -0.4 is 11.1 Å². The first-order valence-corrected chi connectivity index (χ1v) is 2.70. The number of nitrogens with zero attached hydrogens (tertiary/aromatic N) is 1. The van der Waals surface area contributed by atoms with Crippen LogP contribution in [0, 0.1) is 0 Å². The van der Waals surface area contributed by atoms with Crippen LogP contribution in [0.15, 0.2) is 16.8 Å². The predicted octanol–water partition coefficient (Wildman–Crippen LogP) is -1.13. The first-order valence-electron chi connectivity index (χ1n) is 2.70. The minimum atomic E-state index is -1.02. The Hall–Kier alpha value is -1.52. The molecule has 0 aliphatic carbocycles. The summed E-state index contributed by atoms with van der Waals surface area (Å²) in [5.74, 6) is -0.863. The topological polar surface area (TPSA) is 87.7 Å². The molecule has 54 valence electrons. The number of rotatable bonds is 1. The maximum Gasteiger partial charge on any atom is 0.352 e. The van der Waals surface area contributed by atoms with Crippen molar-refractivity contribution in [2.24, 2.45) is 10.7 Å². The number of carboxylic acid groups (broad SMARTS) is 1. The summed E-state index contributed by atoms with van der Waals surface area (Å²) in [6.45, 7) is 0.334. The summed E-state index contributed by atoms with van der Waals surface area (Å²) in [4.78, 5) is 14.0. The van der Waals surface area contributed by atoms with Gasteiger partial charge in [-0.15, -0.1) is 0 Å². The van der Waals surface area contributed by atoms with E-state index in [0.29, 0.717) is 6.54 Å². The molecule has 0 saturated heterocycles. The molecule has 0 aromatic carbocycles. The average Bonchev–Trinajstić information content (AvgIpc) is 1.88. The van der Waals surface area contributed by atoms with Crippen LogP contribution in [0.3, 0.4) is 0 Å². The van der Waals surface area contributed by atoms with Crippen LogP contribution >= 0.6 is 0 Å². The number of carbonyl (C=O) groups is 1. The fourth-order valence-electron chi connectivity index (χ4n) is 0.605. The normalized spacial score (nSPS) is 16.8. The summed E-state index contributed by atoms with van der Waals surface area (Å²) in [6.07, 6.45) is 1.46. The van der Waals surface area contributed by atoms with Gasteiger partial charge in [0, 0.05) is 0 Å². The molecule has 0 fully saturated rings. The molecule has 1 aliphatic rings. The van der Waals surface area contributed by atoms with Crippen molar-refractivity contribution in [3.8, 4) is 0 Å². The lowest BCUT2D eigenvalue weighted by atomic mass is 10.3. The van der Waals surface area contributed by atoms with E-state index in [9.17, 15) is 4.79 Å². The van der Waals surface area contributed by atoms with Gasteiger partial charge in [-0.05, 0) is 6.08 Å². The van der Waals surface area contributed by atoms with E-state index < -0.39 is 5.97 Å². The van der Waals surface area contributed by atoms with E-state index in [1.165, 1.54) is 6.08 Å². The van der Waals surface area contributed by atoms with E-state index in [1.807, 2.05) is 0 Å². The number of aliphatic imine (C=N–C) groups is 1. The van der Waals surface area contributed by atoms with Gasteiger partial charge in [-0.2, -0.15) is 0 Å². The molecule has 5 nitrogen and oxygen atoms in total. The summed E-state index contributed by atoms with van der Waals surface area (Å²) in [5.41, 5.74) is 5.29. The lowest BCUT2D eigenvalue weighted by Gasteiger charge is -2.08. The summed E-state index contributed by atoms with van der Waals surface area (Å²) < 4.78 is 0. The van der Waals surface area contributed by atoms with Gasteiger partial charge in [-0.1, -0.05) is 0 Å². The number of carboxylic acids is 1. The van der Waals surface area contributed by atoms with Crippen molar-refractivity contribution in [1.82, 2.24) is 5.32 Å². The van der Waals surface area contributed by atoms with Crippen LogP contribution in [0.4, 0.5) is 0 Å². The molecular formula is C5H7N3O2. The molecule has 0 radical (unpaired) electrons. The molecular weight excluding hydrogens is 134 g/mol. The second-order valence-corrected chi connectivity index (χ2v) is 1.77. The molecule has 0 unspecified atom stereocenters. The Balaban J connectivity index is 2.66. The van der Waals surface area contributed by atoms with Gasteiger partial charge in [0.2, 0.25) is 0 Å². The highest BCUT2D eigenvalue weighted by Crippen LogP contribution is 1.93. The number of aliphatic carboxylic acids is 1. The highest BCUT2D eigenvalue weighted by molar-refractivity contribution is 5.94. The van der Waals surface area contributed by atoms with Crippen LogP contribution in [0.2, 0.25) is 0 Å². The molecule has 0 aromatic heterocycles. The Kier molecular flexibility index (Phi) is 1.57. The maximum absolute atomic E-state index is 10.3. The second kappa shape index (κ2) is 2.38. The number of guanidine groups is 1. The molecule has 1 heterocycles. The Morgan fingerprint density at radius 1 is 1.90 bits per heavy atom. The van der Waals surface area contributed by atoms with Crippen molar-refractivity contribution in [2.45, 2.75) is 0 Å². The molecule has 1 aliphatic heterocycles. The molecule has 0 bridgehead atoms. The predicted molar refractivity (Wildman–Crippen MR) is 35.3 cm³/mol. The standard InChI is InChI=1S/C5H7N3O2/c6-5-7-2-1-3(8-5)4(9)10/h1H,2H2,(H,9,10)(H3,6,7,8). The molecule has 4 N–H and O–H groups in total. The van der Waals surface area contributed by atoms with Crippen molar-refractivity contribution in [2.75, 3.05) is 6.54 Å². The Morgan fingerprint density at radius 3 is 3.00 bits per heavy atom. The quantitative estimate of drug-likeness (QED) is 0.431. The van der Waals surface area contributed by atoms with E-state index in [2.05, 4.69) is 10.3 Å². The Morgan fingerprint density at radius 2 is 2.60 bits per heavy atom. The number of hydrogen-bond donors (Lipinski definition) is 3. The van der Waals surface area contributed by atoms with Gasteiger partial charge in [-0.3, -0.25) is 0 Å². The summed E-state index contributed by atoms with van der Waals surface area (Å²) >= 11 is 0. The summed E-state index contributed by atoms with van der Waals surface area (Å²) in [5, 5.41) is 10.8. The lowest BCUT2D eigenvalue weighted by molar-refractivity contribution is -0.132. The van der Waals surface area contributed by atoms with Crippen molar-refractivity contribution in [3.05, 3.63) is 11.8 Å². The number of hydrogen-bond acceptors (Lipinski definition) is 4. The van der Waals surface area contributed by atoms with Crippen LogP contribution in [-0.2, 0) is 4.79 Å². The van der Waals surface area contributed by atoms with E-state index >= 15 is 0 Å². The minimum Gasteiger partial charge on any atom is -0.477 e. The molecule has 0 aromatic rings. The fourth-order valence-corrected chi connectivity index (χ4v) is 0.605. The maximum atomic E-state index is 10.3. The molecule has 5 heteroatoms. The van der Waals surface area contributed by atoms with Crippen LogP contribution in [0.5, 0.6) is 0 Å². The van der Waals surface area contributed by atoms with E-state index in [1.54, 1.807) is 0 Å². The van der Waals surface area contributed by atoms with Crippen molar-refractivity contribution < 1.29 is 9.90 Å². The highest BCUT2D eigenvalue weighted by Gasteiger charge is 2.09. The van der Waals surface area contributed by atoms with Crippen molar-refractivity contribution >= 4 is 11.9 Å². The van der Waals surface area contributed by atoms with Gasteiger partial charge in [0.25, 0.3) is 0 Å². The minimum absolute atomic E-state index is 0.0903. The summed E-state index contributed by atoms with van der Waals surface area (Å²) in [7, 11) is 0. The van der Waals surface area contributed by atoms with Crippen LogP contribution in [0.1, 0.15) is 0 Å². The first kappa shape index (κ1) is 6.60. The molecule has 10 heavy (non-hydrogen) atoms. The second-order valence-electron chi connectivity index (χ2n) is 1.77. The van der Waals surface area contributed by atoms with Gasteiger partial charge in [0.05, 0.1) is 6.54 Å². The zero-order chi connectivity index (χ0) is 7.56. The third kappa shape index (κ3) is 1.25. The zero-order valence-corrected chi connectivity index (χ0v) is 5.16. The third-order valence-corrected chi connectivity index (χ3v) is 1.05. The highest BCUT2D eigenvalue weighted by atomic mass is 16.4. The fraction of sp³-hybridized carbons (Fsp3) is 0.200. The lowest BCUT2D eigenvalue weighted by Crippen LogP contribution is -2.36. The molecule has 1 rings (SSSR count). The zero-order valence-electron chi connectivity index (χ0n) is 5.16. The molecule has 0 saturated carbocycles. The van der Waals surface area contributed by atoms with Gasteiger partial charge < -0.3 is 16.2 Å². The Labute approximate surface area is 57.2 Å². The van der Waals surface area contributed by atoms with E-state index in [-0.39, 0.29) is 11.7 Å². The van der Waals surface area contributed by atoms with Gasteiger partial charge in [-0.25, -0.2) is 9.79 Å². The number of nitrogens with one attached hydrogen (secondary N) is 1. The van der Waals surface area contributed by atoms with Crippen LogP contribution in [-0.4, -0.2) is 23.6 Å². The SMILES string of the molecule is NC1=NCC=C(C(=O)O)N1. The van der Waals surface area contributed by atoms with Gasteiger partial charge in [0.1, 0.15) is 5.70 Å². The van der Waals surface area contributed by atoms with E-state index in [0.717, 1.165) is 0 Å². The largest absolute Gasteiger partial charge is 0.477 e. The molecule has 0 spiro atoms. The van der Waals surface area contributed by atoms with Gasteiger partial charge in [0.15, 0.2) is 5.96 Å². The molecule has 0 atom stereocenters. The average molecular weight is 141 g/mol.